The average molecular weight is 466 g/mol. The molecule has 0 spiro atoms. The van der Waals surface area contributed by atoms with Crippen LogP contribution in [-0.4, -0.2) is 27.9 Å². The Bertz CT molecular complexity index is 1450. The van der Waals surface area contributed by atoms with Crippen molar-refractivity contribution >= 4 is 40.1 Å². The number of H-pyrrole nitrogens is 1. The number of carboxylic acid groups (broad SMARTS) is 1. The Balaban J connectivity index is 1.46. The maximum Gasteiger partial charge on any atom is 0.337 e. The summed E-state index contributed by atoms with van der Waals surface area (Å²) in [6.07, 6.45) is 1.87. The number of para-hydroxylation sites is 1. The van der Waals surface area contributed by atoms with Gasteiger partial charge < -0.3 is 20.7 Å². The Morgan fingerprint density at radius 2 is 1.71 bits per heavy atom. The van der Waals surface area contributed by atoms with E-state index in [1.54, 1.807) is 24.3 Å². The summed E-state index contributed by atoms with van der Waals surface area (Å²) in [6.45, 7) is 0. The number of aromatic nitrogens is 1. The lowest BCUT2D eigenvalue weighted by Gasteiger charge is -2.08. The minimum absolute atomic E-state index is 0.0760. The van der Waals surface area contributed by atoms with E-state index in [-0.39, 0.29) is 28.4 Å². The number of benzene rings is 3. The Kier molecular flexibility index (Phi) is 6.88. The zero-order chi connectivity index (χ0) is 24.8. The molecule has 4 N–H and O–H groups in total. The first-order valence-electron chi connectivity index (χ1n) is 11.0. The minimum Gasteiger partial charge on any atom is -0.478 e. The van der Waals surface area contributed by atoms with Gasteiger partial charge in [-0.15, -0.1) is 0 Å². The van der Waals surface area contributed by atoms with Gasteiger partial charge in [-0.3, -0.25) is 9.59 Å². The number of hydrogen-bond donors (Lipinski definition) is 4. The summed E-state index contributed by atoms with van der Waals surface area (Å²) in [5, 5.41) is 24.6. The number of carbonyl (C=O) groups is 3. The molecule has 0 saturated heterocycles. The average Bonchev–Trinajstić information content (AvgIpc) is 3.30. The van der Waals surface area contributed by atoms with Crippen molar-refractivity contribution in [1.29, 1.82) is 5.26 Å². The molecule has 35 heavy (non-hydrogen) atoms. The Morgan fingerprint density at radius 3 is 2.46 bits per heavy atom. The molecular formula is C27H22N4O4. The van der Waals surface area contributed by atoms with Gasteiger partial charge in [-0.25, -0.2) is 4.79 Å². The molecule has 0 aliphatic carbocycles. The monoisotopic (exact) mass is 466 g/mol. The number of nitrogens with zero attached hydrogens (tertiary/aromatic N) is 1. The number of fused-ring (bicyclic) bond motifs is 1. The van der Waals surface area contributed by atoms with Gasteiger partial charge in [0, 0.05) is 11.8 Å². The van der Waals surface area contributed by atoms with Crippen molar-refractivity contribution in [3.05, 3.63) is 95.2 Å². The number of aromatic carboxylic acids is 1. The van der Waals surface area contributed by atoms with Crippen molar-refractivity contribution in [2.75, 3.05) is 10.6 Å². The second kappa shape index (κ2) is 10.4. The highest BCUT2D eigenvalue weighted by atomic mass is 16.4. The van der Waals surface area contributed by atoms with E-state index in [0.717, 1.165) is 11.8 Å². The summed E-state index contributed by atoms with van der Waals surface area (Å²) in [6, 6.07) is 22.8. The second-order valence-corrected chi connectivity index (χ2v) is 7.97. The molecule has 0 unspecified atom stereocenters. The summed E-state index contributed by atoms with van der Waals surface area (Å²) >= 11 is 0. The van der Waals surface area contributed by atoms with Crippen molar-refractivity contribution in [3.63, 3.8) is 0 Å². The summed E-state index contributed by atoms with van der Waals surface area (Å²) in [5.41, 5.74) is 2.59. The van der Waals surface area contributed by atoms with Gasteiger partial charge in [-0.2, -0.15) is 5.26 Å². The molecular weight excluding hydrogens is 444 g/mol. The van der Waals surface area contributed by atoms with Crippen LogP contribution in [-0.2, 0) is 11.2 Å². The van der Waals surface area contributed by atoms with Crippen LogP contribution in [0.4, 0.5) is 11.4 Å². The van der Waals surface area contributed by atoms with Crippen molar-refractivity contribution in [3.8, 4) is 6.07 Å². The molecule has 0 radical (unpaired) electrons. The smallest absolute Gasteiger partial charge is 0.337 e. The lowest BCUT2D eigenvalue weighted by atomic mass is 10.1. The van der Waals surface area contributed by atoms with Crippen LogP contribution in [0.5, 0.6) is 0 Å². The van der Waals surface area contributed by atoms with Gasteiger partial charge in [0.1, 0.15) is 5.69 Å². The van der Waals surface area contributed by atoms with E-state index in [9.17, 15) is 19.5 Å². The first-order chi connectivity index (χ1) is 16.9. The summed E-state index contributed by atoms with van der Waals surface area (Å²) in [7, 11) is 0. The third kappa shape index (κ3) is 5.54. The normalized spacial score (nSPS) is 10.5. The Hall–Kier alpha value is -4.90. The van der Waals surface area contributed by atoms with Gasteiger partial charge >= 0.3 is 5.97 Å². The Morgan fingerprint density at radius 1 is 0.914 bits per heavy atom. The number of rotatable bonds is 8. The quantitative estimate of drug-likeness (QED) is 0.291. The molecule has 0 saturated carbocycles. The topological polar surface area (TPSA) is 135 Å². The number of nitrogens with one attached hydrogen (secondary N) is 3. The molecule has 0 aliphatic rings. The van der Waals surface area contributed by atoms with Crippen LogP contribution in [0.1, 0.15) is 44.8 Å². The van der Waals surface area contributed by atoms with Gasteiger partial charge in [0.05, 0.1) is 34.1 Å². The fraction of sp³-hybridized carbons (Fsp3) is 0.111. The SMILES string of the molecule is N#Cc1ccc(NC(=O)c2cc3cccc(NC(=O)CCCc4ccccc4)c3[nH]2)c(C(=O)O)c1. The number of carbonyl (C=O) groups excluding carboxylic acids is 2. The molecule has 3 aromatic carbocycles. The van der Waals surface area contributed by atoms with E-state index in [1.807, 2.05) is 36.4 Å². The summed E-state index contributed by atoms with van der Waals surface area (Å²) in [4.78, 5) is 39.9. The largest absolute Gasteiger partial charge is 0.478 e. The molecule has 0 bridgehead atoms. The third-order valence-corrected chi connectivity index (χ3v) is 5.51. The highest BCUT2D eigenvalue weighted by molar-refractivity contribution is 6.10. The van der Waals surface area contributed by atoms with Gasteiger partial charge in [-0.1, -0.05) is 42.5 Å². The first-order valence-corrected chi connectivity index (χ1v) is 11.0. The van der Waals surface area contributed by atoms with Gasteiger partial charge in [0.2, 0.25) is 5.91 Å². The molecule has 0 atom stereocenters. The Labute approximate surface area is 201 Å². The molecule has 8 nitrogen and oxygen atoms in total. The number of carboxylic acids is 1. The first kappa shape index (κ1) is 23.3. The van der Waals surface area contributed by atoms with Gasteiger partial charge in [-0.05, 0) is 48.7 Å². The van der Waals surface area contributed by atoms with E-state index < -0.39 is 11.9 Å². The molecule has 0 aliphatic heterocycles. The standard InChI is InChI=1S/C27H22N4O4/c28-16-18-12-13-21(20(14-18)27(34)35)31-26(33)23-15-19-9-5-10-22(25(19)30-23)29-24(32)11-4-8-17-6-2-1-3-7-17/h1-3,5-7,9-10,12-15,30H,4,8,11H2,(H,29,32)(H,31,33)(H,34,35). The number of anilines is 2. The van der Waals surface area contributed by atoms with E-state index in [0.29, 0.717) is 24.0 Å². The molecule has 8 heteroatoms. The zero-order valence-corrected chi connectivity index (χ0v) is 18.7. The fourth-order valence-corrected chi connectivity index (χ4v) is 3.78. The van der Waals surface area contributed by atoms with E-state index in [1.165, 1.54) is 23.8 Å². The summed E-state index contributed by atoms with van der Waals surface area (Å²) in [5.74, 6) is -1.93. The number of aromatic amines is 1. The molecule has 174 valence electrons. The van der Waals surface area contributed by atoms with Gasteiger partial charge in [0.25, 0.3) is 5.91 Å². The van der Waals surface area contributed by atoms with Crippen LogP contribution in [0.25, 0.3) is 10.9 Å². The van der Waals surface area contributed by atoms with Crippen molar-refractivity contribution in [1.82, 2.24) is 4.98 Å². The number of nitriles is 1. The van der Waals surface area contributed by atoms with E-state index in [4.69, 9.17) is 5.26 Å². The van der Waals surface area contributed by atoms with Crippen LogP contribution >= 0.6 is 0 Å². The van der Waals surface area contributed by atoms with Crippen molar-refractivity contribution in [2.45, 2.75) is 19.3 Å². The fourth-order valence-electron chi connectivity index (χ4n) is 3.78. The van der Waals surface area contributed by atoms with Crippen LogP contribution < -0.4 is 10.6 Å². The van der Waals surface area contributed by atoms with Crippen molar-refractivity contribution < 1.29 is 19.5 Å². The third-order valence-electron chi connectivity index (χ3n) is 5.51. The second-order valence-electron chi connectivity index (χ2n) is 7.97. The van der Waals surface area contributed by atoms with Crippen LogP contribution in [0.3, 0.4) is 0 Å². The summed E-state index contributed by atoms with van der Waals surface area (Å²) < 4.78 is 0. The molecule has 4 rings (SSSR count). The predicted octanol–water partition coefficient (Wildman–Crippen LogP) is 4.95. The van der Waals surface area contributed by atoms with Crippen molar-refractivity contribution in [2.24, 2.45) is 0 Å². The minimum atomic E-state index is -1.26. The number of aryl methyl sites for hydroxylation is 1. The molecule has 0 fully saturated rings. The highest BCUT2D eigenvalue weighted by Crippen LogP contribution is 2.25. The lowest BCUT2D eigenvalue weighted by molar-refractivity contribution is -0.116. The van der Waals surface area contributed by atoms with Crippen LogP contribution in [0.2, 0.25) is 0 Å². The maximum absolute atomic E-state index is 12.8. The number of hydrogen-bond acceptors (Lipinski definition) is 4. The predicted molar refractivity (Wildman–Crippen MR) is 132 cm³/mol. The van der Waals surface area contributed by atoms with Crippen LogP contribution in [0.15, 0.2) is 72.8 Å². The van der Waals surface area contributed by atoms with E-state index >= 15 is 0 Å². The lowest BCUT2D eigenvalue weighted by Crippen LogP contribution is -2.15. The molecule has 2 amide bonds. The molecule has 1 aromatic heterocycles. The van der Waals surface area contributed by atoms with E-state index in [2.05, 4.69) is 15.6 Å². The maximum atomic E-state index is 12.8. The number of amides is 2. The van der Waals surface area contributed by atoms with Crippen LogP contribution in [0, 0.1) is 11.3 Å². The molecule has 4 aromatic rings. The zero-order valence-electron chi connectivity index (χ0n) is 18.7. The molecule has 1 heterocycles. The van der Waals surface area contributed by atoms with Gasteiger partial charge in [0.15, 0.2) is 0 Å². The highest BCUT2D eigenvalue weighted by Gasteiger charge is 2.17.